The van der Waals surface area contributed by atoms with Crippen LogP contribution in [-0.4, -0.2) is 34.3 Å². The molecule has 2 aromatic rings. The van der Waals surface area contributed by atoms with Crippen molar-refractivity contribution in [3.63, 3.8) is 0 Å². The van der Waals surface area contributed by atoms with Crippen LogP contribution in [0.25, 0.3) is 0 Å². The first-order chi connectivity index (χ1) is 14.9. The molecule has 0 unspecified atom stereocenters. The SMILES string of the molecule is C=C(C)C(F)(F)COc1ncc(CNC(=O)c2cc(C)nc(NC(=O)C(C)C)c2)cc1Br. The maximum Gasteiger partial charge on any atom is 0.302 e. The van der Waals surface area contributed by atoms with Gasteiger partial charge >= 0.3 is 5.92 Å². The van der Waals surface area contributed by atoms with Crippen molar-refractivity contribution in [3.8, 4) is 5.88 Å². The van der Waals surface area contributed by atoms with E-state index in [9.17, 15) is 18.4 Å². The Morgan fingerprint density at radius 2 is 1.97 bits per heavy atom. The molecule has 2 aromatic heterocycles. The predicted molar refractivity (Wildman–Crippen MR) is 121 cm³/mol. The highest BCUT2D eigenvalue weighted by Gasteiger charge is 2.31. The predicted octanol–water partition coefficient (Wildman–Crippen LogP) is 4.66. The second-order valence-corrected chi connectivity index (χ2v) is 8.47. The number of rotatable bonds is 9. The molecule has 32 heavy (non-hydrogen) atoms. The fourth-order valence-corrected chi connectivity index (χ4v) is 2.88. The van der Waals surface area contributed by atoms with Crippen LogP contribution in [0.4, 0.5) is 14.6 Å². The first-order valence-electron chi connectivity index (χ1n) is 9.78. The number of alkyl halides is 2. The van der Waals surface area contributed by atoms with E-state index < -0.39 is 12.5 Å². The second kappa shape index (κ2) is 10.6. The topological polar surface area (TPSA) is 93.2 Å². The molecule has 0 aliphatic carbocycles. The molecule has 7 nitrogen and oxygen atoms in total. The highest BCUT2D eigenvalue weighted by atomic mass is 79.9. The first-order valence-corrected chi connectivity index (χ1v) is 10.6. The summed E-state index contributed by atoms with van der Waals surface area (Å²) in [5.74, 6) is -3.65. The Morgan fingerprint density at radius 3 is 2.56 bits per heavy atom. The van der Waals surface area contributed by atoms with Gasteiger partial charge in [0.25, 0.3) is 5.91 Å². The van der Waals surface area contributed by atoms with E-state index in [1.165, 1.54) is 19.2 Å². The Bertz CT molecular complexity index is 1030. The Kier molecular flexibility index (Phi) is 8.43. The largest absolute Gasteiger partial charge is 0.470 e. The van der Waals surface area contributed by atoms with Crippen LogP contribution in [0.15, 0.2) is 41.0 Å². The third-order valence-corrected chi connectivity index (χ3v) is 4.89. The molecule has 0 radical (unpaired) electrons. The summed E-state index contributed by atoms with van der Waals surface area (Å²) in [5.41, 5.74) is 1.24. The minimum Gasteiger partial charge on any atom is -0.470 e. The molecule has 2 amide bonds. The fourth-order valence-electron chi connectivity index (χ4n) is 2.37. The molecule has 2 N–H and O–H groups in total. The number of aryl methyl sites for hydroxylation is 1. The number of hydrogen-bond acceptors (Lipinski definition) is 5. The zero-order valence-electron chi connectivity index (χ0n) is 18.3. The van der Waals surface area contributed by atoms with E-state index in [1.54, 1.807) is 32.9 Å². The lowest BCUT2D eigenvalue weighted by Gasteiger charge is -2.17. The van der Waals surface area contributed by atoms with Crippen molar-refractivity contribution in [1.82, 2.24) is 15.3 Å². The van der Waals surface area contributed by atoms with Crippen LogP contribution in [0, 0.1) is 12.8 Å². The van der Waals surface area contributed by atoms with Gasteiger partial charge < -0.3 is 15.4 Å². The average Bonchev–Trinajstić information content (AvgIpc) is 2.70. The summed E-state index contributed by atoms with van der Waals surface area (Å²) in [7, 11) is 0. The molecule has 0 aliphatic rings. The molecule has 2 rings (SSSR count). The van der Waals surface area contributed by atoms with E-state index in [2.05, 4.69) is 43.1 Å². The van der Waals surface area contributed by atoms with Crippen molar-refractivity contribution in [1.29, 1.82) is 0 Å². The van der Waals surface area contributed by atoms with E-state index in [1.807, 2.05) is 0 Å². The van der Waals surface area contributed by atoms with Gasteiger partial charge in [0.2, 0.25) is 11.8 Å². The van der Waals surface area contributed by atoms with Gasteiger partial charge in [-0.05, 0) is 59.1 Å². The van der Waals surface area contributed by atoms with Gasteiger partial charge in [-0.1, -0.05) is 20.4 Å². The fraction of sp³-hybridized carbons (Fsp3) is 0.364. The van der Waals surface area contributed by atoms with E-state index in [-0.39, 0.29) is 35.7 Å². The summed E-state index contributed by atoms with van der Waals surface area (Å²) < 4.78 is 32.7. The van der Waals surface area contributed by atoms with E-state index in [0.29, 0.717) is 27.1 Å². The quantitative estimate of drug-likeness (QED) is 0.478. The molecule has 0 saturated carbocycles. The van der Waals surface area contributed by atoms with Crippen molar-refractivity contribution in [2.45, 2.75) is 40.2 Å². The number of ether oxygens (including phenoxy) is 1. The molecular formula is C22H25BrF2N4O3. The molecule has 0 aromatic carbocycles. The number of hydrogen-bond donors (Lipinski definition) is 2. The van der Waals surface area contributed by atoms with Crippen molar-refractivity contribution in [2.24, 2.45) is 5.92 Å². The molecule has 0 aliphatic heterocycles. The zero-order valence-corrected chi connectivity index (χ0v) is 19.8. The van der Waals surface area contributed by atoms with E-state index in [0.717, 1.165) is 0 Å². The van der Waals surface area contributed by atoms with Crippen LogP contribution in [0.2, 0.25) is 0 Å². The number of carbonyl (C=O) groups is 2. The smallest absolute Gasteiger partial charge is 0.302 e. The number of amides is 2. The standard InChI is InChI=1S/C22H25BrF2N4O3/c1-12(2)19(30)29-18-8-16(6-14(5)28-18)20(31)26-9-15-7-17(23)21(27-10-15)32-11-22(24,25)13(3)4/h6-8,10,12H,3,9,11H2,1-2,4-5H3,(H,26,31)(H,28,29,30). The normalized spacial score (nSPS) is 11.2. The molecule has 172 valence electrons. The Balaban J connectivity index is 2.02. The molecular weight excluding hydrogens is 486 g/mol. The van der Waals surface area contributed by atoms with Crippen molar-refractivity contribution in [2.75, 3.05) is 11.9 Å². The minimum atomic E-state index is -3.16. The Hall–Kier alpha value is -2.88. The molecule has 0 fully saturated rings. The summed E-state index contributed by atoms with van der Waals surface area (Å²) in [6, 6.07) is 4.72. The highest BCUT2D eigenvalue weighted by Crippen LogP contribution is 2.27. The monoisotopic (exact) mass is 510 g/mol. The molecule has 10 heteroatoms. The lowest BCUT2D eigenvalue weighted by Crippen LogP contribution is -2.27. The number of carbonyl (C=O) groups excluding carboxylic acids is 2. The third kappa shape index (κ3) is 7.08. The number of pyridine rings is 2. The lowest BCUT2D eigenvalue weighted by molar-refractivity contribution is -0.118. The van der Waals surface area contributed by atoms with Crippen molar-refractivity contribution in [3.05, 3.63) is 57.8 Å². The maximum atomic E-state index is 13.6. The van der Waals surface area contributed by atoms with Gasteiger partial charge in [0.15, 0.2) is 6.61 Å². The van der Waals surface area contributed by atoms with Gasteiger partial charge in [0.05, 0.1) is 4.47 Å². The molecule has 0 spiro atoms. The van der Waals surface area contributed by atoms with Crippen LogP contribution < -0.4 is 15.4 Å². The van der Waals surface area contributed by atoms with Gasteiger partial charge in [-0.15, -0.1) is 0 Å². The number of nitrogens with one attached hydrogen (secondary N) is 2. The summed E-state index contributed by atoms with van der Waals surface area (Å²) >= 11 is 3.24. The van der Waals surface area contributed by atoms with Gasteiger partial charge in [-0.2, -0.15) is 8.78 Å². The van der Waals surface area contributed by atoms with E-state index >= 15 is 0 Å². The summed E-state index contributed by atoms with van der Waals surface area (Å²) in [5, 5.41) is 5.43. The van der Waals surface area contributed by atoms with Gasteiger partial charge in [-0.3, -0.25) is 9.59 Å². The van der Waals surface area contributed by atoms with Crippen LogP contribution in [0.5, 0.6) is 5.88 Å². The first kappa shape index (κ1) is 25.4. The molecule has 2 heterocycles. The highest BCUT2D eigenvalue weighted by molar-refractivity contribution is 9.10. The number of nitrogens with zero attached hydrogens (tertiary/aromatic N) is 2. The van der Waals surface area contributed by atoms with Gasteiger partial charge in [-0.25, -0.2) is 9.97 Å². The summed E-state index contributed by atoms with van der Waals surface area (Å²) in [6.45, 7) is 8.97. The lowest BCUT2D eigenvalue weighted by atomic mass is 10.2. The zero-order chi connectivity index (χ0) is 24.1. The van der Waals surface area contributed by atoms with Crippen LogP contribution in [0.1, 0.15) is 42.4 Å². The number of aromatic nitrogens is 2. The summed E-state index contributed by atoms with van der Waals surface area (Å²) in [6.07, 6.45) is 1.42. The van der Waals surface area contributed by atoms with Gasteiger partial charge in [0.1, 0.15) is 5.82 Å². The van der Waals surface area contributed by atoms with Crippen LogP contribution >= 0.6 is 15.9 Å². The average molecular weight is 511 g/mol. The second-order valence-electron chi connectivity index (χ2n) is 7.61. The van der Waals surface area contributed by atoms with Crippen molar-refractivity contribution >= 4 is 33.6 Å². The van der Waals surface area contributed by atoms with Crippen molar-refractivity contribution < 1.29 is 23.1 Å². The van der Waals surface area contributed by atoms with E-state index in [4.69, 9.17) is 4.74 Å². The molecule has 0 atom stereocenters. The summed E-state index contributed by atoms with van der Waals surface area (Å²) in [4.78, 5) is 32.7. The Labute approximate surface area is 193 Å². The van der Waals surface area contributed by atoms with Gasteiger partial charge in [0, 0.05) is 29.9 Å². The third-order valence-electron chi connectivity index (χ3n) is 4.32. The number of anilines is 1. The Morgan fingerprint density at radius 1 is 1.28 bits per heavy atom. The minimum absolute atomic E-state index is 0.0105. The molecule has 0 bridgehead atoms. The van der Waals surface area contributed by atoms with Crippen LogP contribution in [0.3, 0.4) is 0 Å². The van der Waals surface area contributed by atoms with Crippen LogP contribution in [-0.2, 0) is 11.3 Å². The number of halogens is 3. The maximum absolute atomic E-state index is 13.6. The molecule has 0 saturated heterocycles.